The zero-order valence-corrected chi connectivity index (χ0v) is 12.8. The van der Waals surface area contributed by atoms with E-state index >= 15 is 0 Å². The summed E-state index contributed by atoms with van der Waals surface area (Å²) in [5.41, 5.74) is 1.03. The summed E-state index contributed by atoms with van der Waals surface area (Å²) >= 11 is 3.54. The number of nitrogens with zero attached hydrogens (tertiary/aromatic N) is 3. The average molecular weight is 337 g/mol. The molecule has 106 valence electrons. The van der Waals surface area contributed by atoms with E-state index in [0.717, 1.165) is 21.8 Å². The second kappa shape index (κ2) is 7.21. The highest BCUT2D eigenvalue weighted by molar-refractivity contribution is 9.10. The van der Waals surface area contributed by atoms with Gasteiger partial charge in [-0.1, -0.05) is 12.1 Å². The molecular weight excluding hydrogens is 320 g/mol. The van der Waals surface area contributed by atoms with Gasteiger partial charge in [0.1, 0.15) is 18.0 Å². The van der Waals surface area contributed by atoms with Crippen LogP contribution in [0.1, 0.15) is 6.42 Å². The zero-order chi connectivity index (χ0) is 14.4. The van der Waals surface area contributed by atoms with Gasteiger partial charge in [-0.25, -0.2) is 9.97 Å². The van der Waals surface area contributed by atoms with Gasteiger partial charge in [0.15, 0.2) is 0 Å². The molecule has 0 aliphatic carbocycles. The number of aromatic nitrogens is 2. The highest BCUT2D eigenvalue weighted by atomic mass is 79.9. The van der Waals surface area contributed by atoms with Gasteiger partial charge in [0.05, 0.1) is 5.69 Å². The quantitative estimate of drug-likeness (QED) is 0.794. The number of anilines is 3. The molecule has 0 radical (unpaired) electrons. The van der Waals surface area contributed by atoms with Crippen molar-refractivity contribution in [2.75, 3.05) is 30.4 Å². The maximum Gasteiger partial charge on any atom is 0.138 e. The third-order valence-corrected chi connectivity index (χ3v) is 3.52. The molecule has 0 saturated carbocycles. The van der Waals surface area contributed by atoms with Crippen LogP contribution in [0.25, 0.3) is 0 Å². The van der Waals surface area contributed by atoms with Crippen molar-refractivity contribution in [3.63, 3.8) is 0 Å². The Balaban J connectivity index is 2.16. The molecule has 0 bridgehead atoms. The van der Waals surface area contributed by atoms with Crippen molar-refractivity contribution in [2.24, 2.45) is 0 Å². The van der Waals surface area contributed by atoms with Gasteiger partial charge in [0.25, 0.3) is 0 Å². The summed E-state index contributed by atoms with van der Waals surface area (Å²) in [6.07, 6.45) is 2.23. The molecule has 0 amide bonds. The lowest BCUT2D eigenvalue weighted by atomic mass is 10.3. The highest BCUT2D eigenvalue weighted by Gasteiger charge is 2.09. The van der Waals surface area contributed by atoms with Crippen molar-refractivity contribution in [2.45, 2.75) is 6.42 Å². The van der Waals surface area contributed by atoms with Gasteiger partial charge in [0.2, 0.25) is 0 Å². The topological polar surface area (TPSA) is 61.3 Å². The summed E-state index contributed by atoms with van der Waals surface area (Å²) in [5, 5.41) is 11.9. The Morgan fingerprint density at radius 2 is 2.10 bits per heavy atom. The maximum absolute atomic E-state index is 8.78. The van der Waals surface area contributed by atoms with Gasteiger partial charge in [-0.15, -0.1) is 0 Å². The Morgan fingerprint density at radius 3 is 2.85 bits per heavy atom. The van der Waals surface area contributed by atoms with Crippen molar-refractivity contribution < 1.29 is 5.11 Å². The van der Waals surface area contributed by atoms with E-state index in [4.69, 9.17) is 5.11 Å². The minimum Gasteiger partial charge on any atom is -0.396 e. The first-order valence-corrected chi connectivity index (χ1v) is 7.16. The molecule has 20 heavy (non-hydrogen) atoms. The van der Waals surface area contributed by atoms with Gasteiger partial charge in [-0.3, -0.25) is 0 Å². The number of aliphatic hydroxyl groups is 1. The number of hydrogen-bond acceptors (Lipinski definition) is 5. The number of para-hydroxylation sites is 1. The van der Waals surface area contributed by atoms with E-state index in [1.165, 1.54) is 6.33 Å². The van der Waals surface area contributed by atoms with Gasteiger partial charge in [-0.05, 0) is 34.5 Å². The Hall–Kier alpha value is -1.66. The van der Waals surface area contributed by atoms with Crippen LogP contribution in [-0.4, -0.2) is 35.3 Å². The van der Waals surface area contributed by atoms with Crippen LogP contribution in [-0.2, 0) is 0 Å². The van der Waals surface area contributed by atoms with Crippen LogP contribution in [0.4, 0.5) is 17.3 Å². The van der Waals surface area contributed by atoms with Gasteiger partial charge in [0, 0.05) is 30.7 Å². The molecule has 2 rings (SSSR count). The van der Waals surface area contributed by atoms with Gasteiger partial charge < -0.3 is 15.3 Å². The Labute approximate surface area is 126 Å². The minimum atomic E-state index is 0.168. The molecule has 0 atom stereocenters. The predicted octanol–water partition coefficient (Wildman–Crippen LogP) is 2.80. The number of nitrogens with one attached hydrogen (secondary N) is 1. The molecule has 5 nitrogen and oxygen atoms in total. The van der Waals surface area contributed by atoms with Crippen LogP contribution >= 0.6 is 15.9 Å². The summed E-state index contributed by atoms with van der Waals surface area (Å²) in [5.74, 6) is 1.56. The molecule has 0 aliphatic heterocycles. The number of hydrogen-bond donors (Lipinski definition) is 2. The molecule has 6 heteroatoms. The Bertz CT molecular complexity index is 564. The van der Waals surface area contributed by atoms with Crippen molar-refractivity contribution in [3.05, 3.63) is 41.1 Å². The summed E-state index contributed by atoms with van der Waals surface area (Å²) in [4.78, 5) is 10.4. The van der Waals surface area contributed by atoms with Crippen molar-refractivity contribution in [3.8, 4) is 0 Å². The monoisotopic (exact) mass is 336 g/mol. The second-order valence-corrected chi connectivity index (χ2v) is 5.13. The molecular formula is C14H17BrN4O. The van der Waals surface area contributed by atoms with Crippen LogP contribution in [0.3, 0.4) is 0 Å². The van der Waals surface area contributed by atoms with E-state index in [-0.39, 0.29) is 6.61 Å². The van der Waals surface area contributed by atoms with E-state index in [9.17, 15) is 0 Å². The van der Waals surface area contributed by atoms with E-state index in [0.29, 0.717) is 13.0 Å². The maximum atomic E-state index is 8.78. The van der Waals surface area contributed by atoms with Crippen LogP contribution in [0, 0.1) is 0 Å². The molecule has 0 unspecified atom stereocenters. The molecule has 1 aromatic heterocycles. The molecule has 1 aromatic carbocycles. The summed E-state index contributed by atoms with van der Waals surface area (Å²) < 4.78 is 1.01. The first kappa shape index (κ1) is 14.7. The van der Waals surface area contributed by atoms with Crippen LogP contribution in [0.5, 0.6) is 0 Å². The molecule has 0 spiro atoms. The fourth-order valence-electron chi connectivity index (χ4n) is 1.77. The van der Waals surface area contributed by atoms with E-state index in [1.807, 2.05) is 42.3 Å². The summed E-state index contributed by atoms with van der Waals surface area (Å²) in [7, 11) is 1.96. The smallest absolute Gasteiger partial charge is 0.138 e. The highest BCUT2D eigenvalue weighted by Crippen LogP contribution is 2.29. The summed E-state index contributed by atoms with van der Waals surface area (Å²) in [6, 6.07) is 9.86. The second-order valence-electron chi connectivity index (χ2n) is 4.28. The first-order valence-electron chi connectivity index (χ1n) is 6.37. The summed E-state index contributed by atoms with van der Waals surface area (Å²) in [6.45, 7) is 0.855. The lowest BCUT2D eigenvalue weighted by Gasteiger charge is -2.20. The standard InChI is InChI=1S/C14H17BrN4O/c1-19(12-6-3-2-5-11(12)15)14-9-13(17-10-18-14)16-7-4-8-20/h2-3,5-6,9-10,20H,4,7-8H2,1H3,(H,16,17,18). The molecule has 2 N–H and O–H groups in total. The van der Waals surface area contributed by atoms with E-state index in [2.05, 4.69) is 31.2 Å². The normalized spacial score (nSPS) is 10.3. The lowest BCUT2D eigenvalue weighted by Crippen LogP contribution is -2.13. The minimum absolute atomic E-state index is 0.168. The fourth-order valence-corrected chi connectivity index (χ4v) is 2.32. The van der Waals surface area contributed by atoms with Crippen LogP contribution < -0.4 is 10.2 Å². The Kier molecular flexibility index (Phi) is 5.31. The van der Waals surface area contributed by atoms with Crippen LogP contribution in [0.15, 0.2) is 41.1 Å². The number of benzene rings is 1. The molecule has 2 aromatic rings. The molecule has 1 heterocycles. The third-order valence-electron chi connectivity index (χ3n) is 2.85. The SMILES string of the molecule is CN(c1cc(NCCCO)ncn1)c1ccccc1Br. The van der Waals surface area contributed by atoms with Crippen molar-refractivity contribution in [1.29, 1.82) is 0 Å². The van der Waals surface area contributed by atoms with E-state index < -0.39 is 0 Å². The van der Waals surface area contributed by atoms with Crippen LogP contribution in [0.2, 0.25) is 0 Å². The van der Waals surface area contributed by atoms with E-state index in [1.54, 1.807) is 0 Å². The Morgan fingerprint density at radius 1 is 1.30 bits per heavy atom. The zero-order valence-electron chi connectivity index (χ0n) is 11.3. The molecule has 0 aliphatic rings. The number of halogens is 1. The van der Waals surface area contributed by atoms with Crippen molar-refractivity contribution >= 4 is 33.3 Å². The lowest BCUT2D eigenvalue weighted by molar-refractivity contribution is 0.292. The van der Waals surface area contributed by atoms with Crippen molar-refractivity contribution in [1.82, 2.24) is 9.97 Å². The average Bonchev–Trinajstić information content (AvgIpc) is 2.48. The fraction of sp³-hybridized carbons (Fsp3) is 0.286. The number of aliphatic hydroxyl groups excluding tert-OH is 1. The van der Waals surface area contributed by atoms with Gasteiger partial charge in [-0.2, -0.15) is 0 Å². The molecule has 0 saturated heterocycles. The first-order chi connectivity index (χ1) is 9.72. The number of rotatable bonds is 6. The van der Waals surface area contributed by atoms with Gasteiger partial charge >= 0.3 is 0 Å². The third kappa shape index (κ3) is 3.68. The molecule has 0 fully saturated rings. The largest absolute Gasteiger partial charge is 0.396 e. The predicted molar refractivity (Wildman–Crippen MR) is 84.4 cm³/mol.